The number of aromatic nitrogens is 2. The molecule has 0 radical (unpaired) electrons. The Bertz CT molecular complexity index is 379. The van der Waals surface area contributed by atoms with E-state index in [0.29, 0.717) is 25.9 Å². The first kappa shape index (κ1) is 12.2. The minimum atomic E-state index is -0.119. The van der Waals surface area contributed by atoms with Gasteiger partial charge in [-0.25, -0.2) is 4.98 Å². The topological polar surface area (TPSA) is 96.7 Å². The summed E-state index contributed by atoms with van der Waals surface area (Å²) in [6.07, 6.45) is 4.45. The van der Waals surface area contributed by atoms with Crippen LogP contribution in [0.15, 0.2) is 12.5 Å². The number of nitrogens with zero attached hydrogens (tertiary/aromatic N) is 3. The van der Waals surface area contributed by atoms with Crippen LogP contribution in [0.2, 0.25) is 0 Å². The average molecular weight is 221 g/mol. The predicted octanol–water partition coefficient (Wildman–Crippen LogP) is -0.586. The summed E-state index contributed by atoms with van der Waals surface area (Å²) in [5.74, 6) is -0.119. The minimum absolute atomic E-state index is 0.119. The third kappa shape index (κ3) is 4.11. The van der Waals surface area contributed by atoms with Crippen molar-refractivity contribution in [2.45, 2.75) is 19.4 Å². The first-order valence-electron chi connectivity index (χ1n) is 5.10. The molecule has 0 unspecified atom stereocenters. The number of nitrogens with two attached hydrogens (primary N) is 1. The van der Waals surface area contributed by atoms with E-state index in [0.717, 1.165) is 5.69 Å². The third-order valence-corrected chi connectivity index (χ3v) is 1.97. The number of hydrogen-bond donors (Lipinski definition) is 2. The molecule has 0 atom stereocenters. The fourth-order valence-electron chi connectivity index (χ4n) is 1.25. The second kappa shape index (κ2) is 6.58. The third-order valence-electron chi connectivity index (χ3n) is 1.97. The highest BCUT2D eigenvalue weighted by Crippen LogP contribution is 1.96. The Labute approximate surface area is 94.1 Å². The smallest absolute Gasteiger partial charge is 0.240 e. The number of rotatable bonds is 6. The molecule has 0 aliphatic heterocycles. The maximum absolute atomic E-state index is 11.4. The van der Waals surface area contributed by atoms with Crippen LogP contribution in [0.25, 0.3) is 0 Å². The summed E-state index contributed by atoms with van der Waals surface area (Å²) in [7, 11) is 0. The highest BCUT2D eigenvalue weighted by Gasteiger charge is 2.03. The Kier molecular flexibility index (Phi) is 5.02. The van der Waals surface area contributed by atoms with E-state index >= 15 is 0 Å². The highest BCUT2D eigenvalue weighted by molar-refractivity contribution is 5.75. The molecule has 0 saturated heterocycles. The normalized spacial score (nSPS) is 9.75. The monoisotopic (exact) mass is 221 g/mol. The van der Waals surface area contributed by atoms with Gasteiger partial charge >= 0.3 is 0 Å². The lowest BCUT2D eigenvalue weighted by Crippen LogP contribution is -2.27. The summed E-state index contributed by atoms with van der Waals surface area (Å²) >= 11 is 0. The van der Waals surface area contributed by atoms with Gasteiger partial charge in [-0.3, -0.25) is 4.79 Å². The zero-order valence-electron chi connectivity index (χ0n) is 9.02. The summed E-state index contributed by atoms with van der Waals surface area (Å²) < 4.78 is 1.70. The second-order valence-electron chi connectivity index (χ2n) is 3.33. The molecule has 1 aromatic rings. The summed E-state index contributed by atoms with van der Waals surface area (Å²) in [5, 5.41) is 10.9. The van der Waals surface area contributed by atoms with Crippen LogP contribution < -0.4 is 11.1 Å². The van der Waals surface area contributed by atoms with E-state index in [1.54, 1.807) is 17.1 Å². The van der Waals surface area contributed by atoms with Gasteiger partial charge in [0.25, 0.3) is 0 Å². The van der Waals surface area contributed by atoms with E-state index in [-0.39, 0.29) is 12.5 Å². The minimum Gasteiger partial charge on any atom is -0.354 e. The van der Waals surface area contributed by atoms with Crippen LogP contribution >= 0.6 is 0 Å². The SMILES string of the molecule is N#CCCNC(=O)Cn1cnc(CCN)c1. The van der Waals surface area contributed by atoms with Crippen molar-refractivity contribution in [3.05, 3.63) is 18.2 Å². The molecular formula is C10H15N5O. The van der Waals surface area contributed by atoms with Gasteiger partial charge in [0.05, 0.1) is 24.5 Å². The number of amides is 1. The number of carbonyl (C=O) groups is 1. The molecule has 0 fully saturated rings. The molecular weight excluding hydrogens is 206 g/mol. The van der Waals surface area contributed by atoms with Gasteiger partial charge in [-0.1, -0.05) is 0 Å². The van der Waals surface area contributed by atoms with Crippen molar-refractivity contribution in [1.82, 2.24) is 14.9 Å². The molecule has 0 bridgehead atoms. The van der Waals surface area contributed by atoms with Crippen LogP contribution in [0.5, 0.6) is 0 Å². The summed E-state index contributed by atoms with van der Waals surface area (Å²) in [6.45, 7) is 1.16. The Morgan fingerprint density at radius 3 is 3.19 bits per heavy atom. The lowest BCUT2D eigenvalue weighted by atomic mass is 10.3. The lowest BCUT2D eigenvalue weighted by molar-refractivity contribution is -0.121. The molecule has 6 nitrogen and oxygen atoms in total. The zero-order valence-corrected chi connectivity index (χ0v) is 9.02. The molecule has 0 aromatic carbocycles. The van der Waals surface area contributed by atoms with Crippen LogP contribution in [0, 0.1) is 11.3 Å². The Morgan fingerprint density at radius 1 is 1.69 bits per heavy atom. The number of carbonyl (C=O) groups excluding carboxylic acids is 1. The fourth-order valence-corrected chi connectivity index (χ4v) is 1.25. The van der Waals surface area contributed by atoms with Gasteiger partial charge in [-0.05, 0) is 6.54 Å². The quantitative estimate of drug-likeness (QED) is 0.628. The summed E-state index contributed by atoms with van der Waals surface area (Å²) in [6, 6.07) is 1.96. The molecule has 1 rings (SSSR count). The van der Waals surface area contributed by atoms with Gasteiger partial charge in [0.1, 0.15) is 6.54 Å². The van der Waals surface area contributed by atoms with Crippen LogP contribution in [0.4, 0.5) is 0 Å². The molecule has 0 saturated carbocycles. The van der Waals surface area contributed by atoms with E-state index in [2.05, 4.69) is 10.3 Å². The van der Waals surface area contributed by atoms with Crippen LogP contribution in [0.1, 0.15) is 12.1 Å². The van der Waals surface area contributed by atoms with E-state index in [1.807, 2.05) is 6.07 Å². The largest absolute Gasteiger partial charge is 0.354 e. The fraction of sp³-hybridized carbons (Fsp3) is 0.500. The standard InChI is InChI=1S/C10H15N5O/c11-3-1-5-13-10(16)7-15-6-9(2-4-12)14-8-15/h6,8H,1-2,4-5,7,12H2,(H,13,16). The molecule has 86 valence electrons. The van der Waals surface area contributed by atoms with Crippen molar-refractivity contribution in [2.24, 2.45) is 5.73 Å². The first-order chi connectivity index (χ1) is 7.76. The maximum Gasteiger partial charge on any atom is 0.240 e. The van der Waals surface area contributed by atoms with Crippen molar-refractivity contribution in [1.29, 1.82) is 5.26 Å². The highest BCUT2D eigenvalue weighted by atomic mass is 16.1. The van der Waals surface area contributed by atoms with Gasteiger partial charge in [-0.2, -0.15) is 5.26 Å². The maximum atomic E-state index is 11.4. The van der Waals surface area contributed by atoms with Crippen molar-refractivity contribution in [3.63, 3.8) is 0 Å². The average Bonchev–Trinajstić information content (AvgIpc) is 2.66. The molecule has 6 heteroatoms. The predicted molar refractivity (Wildman–Crippen MR) is 58.2 cm³/mol. The van der Waals surface area contributed by atoms with Gasteiger partial charge in [0.15, 0.2) is 0 Å². The van der Waals surface area contributed by atoms with E-state index < -0.39 is 0 Å². The molecule has 0 aliphatic rings. The zero-order chi connectivity index (χ0) is 11.8. The molecule has 1 amide bonds. The Morgan fingerprint density at radius 2 is 2.50 bits per heavy atom. The summed E-state index contributed by atoms with van der Waals surface area (Å²) in [5.41, 5.74) is 6.27. The van der Waals surface area contributed by atoms with Crippen molar-refractivity contribution in [3.8, 4) is 6.07 Å². The van der Waals surface area contributed by atoms with E-state index in [1.165, 1.54) is 0 Å². The van der Waals surface area contributed by atoms with Gasteiger partial charge in [0, 0.05) is 19.2 Å². The number of hydrogen-bond acceptors (Lipinski definition) is 4. The molecule has 3 N–H and O–H groups in total. The molecule has 1 heterocycles. The van der Waals surface area contributed by atoms with Gasteiger partial charge < -0.3 is 15.6 Å². The van der Waals surface area contributed by atoms with Gasteiger partial charge in [0.2, 0.25) is 5.91 Å². The van der Waals surface area contributed by atoms with Crippen molar-refractivity contribution >= 4 is 5.91 Å². The van der Waals surface area contributed by atoms with Crippen LogP contribution in [0.3, 0.4) is 0 Å². The van der Waals surface area contributed by atoms with Gasteiger partial charge in [-0.15, -0.1) is 0 Å². The molecule has 16 heavy (non-hydrogen) atoms. The van der Waals surface area contributed by atoms with Crippen LogP contribution in [-0.2, 0) is 17.8 Å². The first-order valence-corrected chi connectivity index (χ1v) is 5.10. The van der Waals surface area contributed by atoms with Crippen molar-refractivity contribution in [2.75, 3.05) is 13.1 Å². The Hall–Kier alpha value is -1.87. The number of nitrogens with one attached hydrogen (secondary N) is 1. The molecule has 1 aromatic heterocycles. The molecule has 0 aliphatic carbocycles. The number of nitriles is 1. The second-order valence-corrected chi connectivity index (χ2v) is 3.33. The Balaban J connectivity index is 2.35. The summed E-state index contributed by atoms with van der Waals surface area (Å²) in [4.78, 5) is 15.5. The van der Waals surface area contributed by atoms with Crippen molar-refractivity contribution < 1.29 is 4.79 Å². The lowest BCUT2D eigenvalue weighted by Gasteiger charge is -2.02. The van der Waals surface area contributed by atoms with E-state index in [9.17, 15) is 4.79 Å². The van der Waals surface area contributed by atoms with Crippen LogP contribution in [-0.4, -0.2) is 28.5 Å². The van der Waals surface area contributed by atoms with E-state index in [4.69, 9.17) is 11.0 Å². The number of imidazole rings is 1. The molecule has 0 spiro atoms.